The van der Waals surface area contributed by atoms with Gasteiger partial charge in [0.05, 0.1) is 0 Å². The van der Waals surface area contributed by atoms with Crippen LogP contribution in [0.2, 0.25) is 0 Å². The molecule has 4 saturated carbocycles. The molecular weight excluding hydrogens is 464 g/mol. The fourth-order valence-corrected chi connectivity index (χ4v) is 11.0. The number of aliphatic carboxylic acids is 1. The van der Waals surface area contributed by atoms with Crippen molar-refractivity contribution in [2.75, 3.05) is 0 Å². The molecule has 1 N–H and O–H groups in total. The first kappa shape index (κ1) is 26.9. The van der Waals surface area contributed by atoms with Gasteiger partial charge in [0, 0.05) is 12.8 Å². The molecule has 0 aromatic heterocycles. The fraction of sp³-hybridized carbons (Fsp3) is 0.844. The molecule has 37 heavy (non-hydrogen) atoms. The third-order valence-corrected chi connectivity index (χ3v) is 13.5. The van der Waals surface area contributed by atoms with E-state index >= 15 is 0 Å². The average molecular weight is 513 g/mol. The van der Waals surface area contributed by atoms with Crippen LogP contribution in [-0.4, -0.2) is 28.9 Å². The van der Waals surface area contributed by atoms with Crippen molar-refractivity contribution in [3.8, 4) is 0 Å². The highest BCUT2D eigenvalue weighted by molar-refractivity contribution is 5.96. The molecule has 0 aromatic rings. The highest BCUT2D eigenvalue weighted by atomic mass is 16.5. The van der Waals surface area contributed by atoms with Crippen LogP contribution in [0.3, 0.4) is 0 Å². The maximum absolute atomic E-state index is 14.4. The van der Waals surface area contributed by atoms with E-state index in [1.807, 2.05) is 0 Å². The normalized spacial score (nSPS) is 53.1. The van der Waals surface area contributed by atoms with Gasteiger partial charge in [-0.1, -0.05) is 47.1 Å². The van der Waals surface area contributed by atoms with Gasteiger partial charge in [-0.05, 0) is 110 Å². The molecule has 206 valence electrons. The molecule has 0 aromatic carbocycles. The van der Waals surface area contributed by atoms with E-state index in [1.54, 1.807) is 6.92 Å². The summed E-state index contributed by atoms with van der Waals surface area (Å²) >= 11 is 0. The van der Waals surface area contributed by atoms with Gasteiger partial charge >= 0.3 is 11.9 Å². The summed E-state index contributed by atoms with van der Waals surface area (Å²) in [6.07, 6.45) is 8.96. The van der Waals surface area contributed by atoms with Crippen LogP contribution in [0.25, 0.3) is 0 Å². The van der Waals surface area contributed by atoms with Crippen molar-refractivity contribution in [2.45, 2.75) is 113 Å². The Morgan fingerprint density at radius 2 is 1.62 bits per heavy atom. The van der Waals surface area contributed by atoms with E-state index < -0.39 is 28.9 Å². The lowest BCUT2D eigenvalue weighted by atomic mass is 9.33. The number of esters is 1. The van der Waals surface area contributed by atoms with E-state index in [4.69, 9.17) is 4.74 Å². The van der Waals surface area contributed by atoms with Crippen LogP contribution in [0.4, 0.5) is 0 Å². The van der Waals surface area contributed by atoms with Gasteiger partial charge in [0.25, 0.3) is 0 Å². The van der Waals surface area contributed by atoms with Gasteiger partial charge in [0.2, 0.25) is 0 Å². The molecule has 0 spiro atoms. The maximum Gasteiger partial charge on any atom is 0.313 e. The molecule has 5 aliphatic carbocycles. The summed E-state index contributed by atoms with van der Waals surface area (Å²) < 4.78 is 5.63. The molecule has 0 aliphatic heterocycles. The molecule has 0 radical (unpaired) electrons. The number of ether oxygens (including phenoxy) is 1. The van der Waals surface area contributed by atoms with E-state index in [9.17, 15) is 19.5 Å². The Morgan fingerprint density at radius 1 is 0.946 bits per heavy atom. The minimum Gasteiger partial charge on any atom is -0.481 e. The lowest BCUT2D eigenvalue weighted by molar-refractivity contribution is -0.220. The smallest absolute Gasteiger partial charge is 0.313 e. The molecule has 11 atom stereocenters. The lowest BCUT2D eigenvalue weighted by Gasteiger charge is -2.70. The number of carbonyl (C=O) groups excluding carboxylic acids is 2. The molecule has 5 aliphatic rings. The SMILES string of the molecule is CC(=O)O[C@@H]1CC[C@@]2(C)C(CC[C@]3(C)C2C(=O)C=C2[C@@H]4[C@@H](C)[C@H](C)CC[C@]4(C)CC[C@]23C)[C@@]1(C)C(=O)O. The Bertz CT molecular complexity index is 1060. The fourth-order valence-electron chi connectivity index (χ4n) is 11.0. The number of carboxylic acid groups (broad SMARTS) is 1. The number of hydrogen-bond donors (Lipinski definition) is 1. The summed E-state index contributed by atoms with van der Waals surface area (Å²) in [4.78, 5) is 39.1. The quantitative estimate of drug-likeness (QED) is 0.410. The third kappa shape index (κ3) is 3.30. The predicted octanol–water partition coefficient (Wildman–Crippen LogP) is 6.84. The van der Waals surface area contributed by atoms with Crippen molar-refractivity contribution < 1.29 is 24.2 Å². The van der Waals surface area contributed by atoms with E-state index in [1.165, 1.54) is 31.8 Å². The molecule has 0 saturated heterocycles. The molecular formula is C32H48O5. The lowest BCUT2D eigenvalue weighted by Crippen LogP contribution is -2.68. The van der Waals surface area contributed by atoms with Crippen LogP contribution in [0.1, 0.15) is 107 Å². The van der Waals surface area contributed by atoms with E-state index in [2.05, 4.69) is 47.6 Å². The zero-order valence-electron chi connectivity index (χ0n) is 24.3. The minimum absolute atomic E-state index is 0.0680. The van der Waals surface area contributed by atoms with Crippen molar-refractivity contribution in [3.63, 3.8) is 0 Å². The third-order valence-electron chi connectivity index (χ3n) is 13.5. The van der Waals surface area contributed by atoms with Crippen molar-refractivity contribution in [3.05, 3.63) is 11.6 Å². The zero-order chi connectivity index (χ0) is 27.3. The number of carbonyl (C=O) groups is 3. The molecule has 2 unspecified atom stereocenters. The first-order valence-corrected chi connectivity index (χ1v) is 14.7. The zero-order valence-corrected chi connectivity index (χ0v) is 24.3. The van der Waals surface area contributed by atoms with Gasteiger partial charge < -0.3 is 9.84 Å². The van der Waals surface area contributed by atoms with Crippen LogP contribution < -0.4 is 0 Å². The number of rotatable bonds is 2. The van der Waals surface area contributed by atoms with E-state index in [-0.39, 0.29) is 33.9 Å². The monoisotopic (exact) mass is 512 g/mol. The number of allylic oxidation sites excluding steroid dienone is 2. The number of fused-ring (bicyclic) bond motifs is 7. The molecule has 5 rings (SSSR count). The van der Waals surface area contributed by atoms with Crippen molar-refractivity contribution in [1.82, 2.24) is 0 Å². The first-order valence-electron chi connectivity index (χ1n) is 14.7. The van der Waals surface area contributed by atoms with Crippen molar-refractivity contribution >= 4 is 17.7 Å². The van der Waals surface area contributed by atoms with Crippen LogP contribution in [0, 0.1) is 56.7 Å². The Labute approximate surface area is 223 Å². The Balaban J connectivity index is 1.62. The summed E-state index contributed by atoms with van der Waals surface area (Å²) in [6.45, 7) is 17.4. The second-order valence-electron chi connectivity index (χ2n) is 15.0. The van der Waals surface area contributed by atoms with Crippen LogP contribution >= 0.6 is 0 Å². The summed E-state index contributed by atoms with van der Waals surface area (Å²) in [5.41, 5.74) is -0.280. The Morgan fingerprint density at radius 3 is 2.24 bits per heavy atom. The second-order valence-corrected chi connectivity index (χ2v) is 15.0. The van der Waals surface area contributed by atoms with Crippen molar-refractivity contribution in [2.24, 2.45) is 56.7 Å². The largest absolute Gasteiger partial charge is 0.481 e. The molecule has 0 bridgehead atoms. The second kappa shape index (κ2) is 8.18. The molecule has 0 amide bonds. The highest BCUT2D eigenvalue weighted by Gasteiger charge is 2.72. The number of hydrogen-bond acceptors (Lipinski definition) is 4. The van der Waals surface area contributed by atoms with Gasteiger partial charge in [0.1, 0.15) is 11.5 Å². The van der Waals surface area contributed by atoms with Crippen LogP contribution in [-0.2, 0) is 19.1 Å². The number of ketones is 1. The summed E-state index contributed by atoms with van der Waals surface area (Å²) in [6, 6.07) is 0. The Hall–Kier alpha value is -1.65. The van der Waals surface area contributed by atoms with Gasteiger partial charge in [0.15, 0.2) is 5.78 Å². The van der Waals surface area contributed by atoms with E-state index in [0.29, 0.717) is 30.6 Å². The van der Waals surface area contributed by atoms with Gasteiger partial charge in [-0.3, -0.25) is 14.4 Å². The minimum atomic E-state index is -1.20. The van der Waals surface area contributed by atoms with Gasteiger partial charge in [-0.2, -0.15) is 0 Å². The molecule has 0 heterocycles. The van der Waals surface area contributed by atoms with Crippen LogP contribution in [0.5, 0.6) is 0 Å². The maximum atomic E-state index is 14.4. The topological polar surface area (TPSA) is 80.7 Å². The Kier molecular flexibility index (Phi) is 5.95. The first-order chi connectivity index (χ1) is 17.1. The standard InChI is InChI=1S/C32H48O5/c1-18-9-12-28(4)15-16-30(6)21(25(28)19(18)2)17-22(34)26-29(5)13-11-24(37-20(3)33)32(8,27(35)36)23(29)10-14-31(26,30)7/h17-19,23-26H,9-16H2,1-8H3,(H,35,36)/t18-,19+,23?,24-,25+,26?,28-,29+,30-,31-,32-/m1/s1. The number of carboxylic acids is 1. The van der Waals surface area contributed by atoms with Gasteiger partial charge in [-0.25, -0.2) is 0 Å². The van der Waals surface area contributed by atoms with Gasteiger partial charge in [-0.15, -0.1) is 0 Å². The molecule has 4 fully saturated rings. The average Bonchev–Trinajstić information content (AvgIpc) is 2.79. The van der Waals surface area contributed by atoms with E-state index in [0.717, 1.165) is 19.3 Å². The van der Waals surface area contributed by atoms with Crippen LogP contribution in [0.15, 0.2) is 11.6 Å². The predicted molar refractivity (Wildman–Crippen MR) is 143 cm³/mol. The highest BCUT2D eigenvalue weighted by Crippen LogP contribution is 2.75. The summed E-state index contributed by atoms with van der Waals surface area (Å²) in [5.74, 6) is 0.0756. The van der Waals surface area contributed by atoms with Crippen molar-refractivity contribution in [1.29, 1.82) is 0 Å². The summed E-state index contributed by atoms with van der Waals surface area (Å²) in [7, 11) is 0. The molecule has 5 heteroatoms. The molecule has 5 nitrogen and oxygen atoms in total. The summed E-state index contributed by atoms with van der Waals surface area (Å²) in [5, 5.41) is 10.5.